The molecule has 0 aromatic carbocycles. The van der Waals surface area contributed by atoms with E-state index >= 15 is 0 Å². The van der Waals surface area contributed by atoms with E-state index in [-0.39, 0.29) is 5.91 Å². The van der Waals surface area contributed by atoms with E-state index in [1.807, 2.05) is 18.7 Å². The Kier molecular flexibility index (Phi) is 7.62. The number of nitrogens with zero attached hydrogens (tertiary/aromatic N) is 2. The Morgan fingerprint density at radius 3 is 2.38 bits per heavy atom. The molecule has 1 amide bonds. The summed E-state index contributed by atoms with van der Waals surface area (Å²) in [6, 6.07) is 2.12. The lowest BCUT2D eigenvalue weighted by Gasteiger charge is -2.25. The first-order chi connectivity index (χ1) is 7.60. The van der Waals surface area contributed by atoms with Crippen LogP contribution in [0.1, 0.15) is 47.0 Å². The minimum atomic E-state index is -0.450. The van der Waals surface area contributed by atoms with Gasteiger partial charge in [-0.1, -0.05) is 33.6 Å². The van der Waals surface area contributed by atoms with E-state index in [1.165, 1.54) is 0 Å². The Bertz CT molecular complexity index is 245. The van der Waals surface area contributed by atoms with Gasteiger partial charge < -0.3 is 4.90 Å². The van der Waals surface area contributed by atoms with E-state index in [0.29, 0.717) is 18.9 Å². The molecule has 0 aromatic rings. The zero-order valence-corrected chi connectivity index (χ0v) is 11.0. The molecule has 0 fully saturated rings. The molecule has 0 N–H and O–H groups in total. The summed E-state index contributed by atoms with van der Waals surface area (Å²) in [5.74, 6) is 0.0611. The van der Waals surface area contributed by atoms with Crippen molar-refractivity contribution in [3.63, 3.8) is 0 Å². The van der Waals surface area contributed by atoms with Crippen LogP contribution < -0.4 is 0 Å². The van der Waals surface area contributed by atoms with Gasteiger partial charge in [0.15, 0.2) is 0 Å². The molecule has 3 heteroatoms. The van der Waals surface area contributed by atoms with Gasteiger partial charge in [0, 0.05) is 13.1 Å². The zero-order valence-electron chi connectivity index (χ0n) is 11.0. The van der Waals surface area contributed by atoms with Crippen LogP contribution in [0.25, 0.3) is 0 Å². The predicted octanol–water partition coefficient (Wildman–Crippen LogP) is 2.82. The highest BCUT2D eigenvalue weighted by Crippen LogP contribution is 2.12. The fourth-order valence-corrected chi connectivity index (χ4v) is 1.63. The van der Waals surface area contributed by atoms with Gasteiger partial charge in [-0.2, -0.15) is 5.26 Å². The van der Waals surface area contributed by atoms with Crippen molar-refractivity contribution in [2.75, 3.05) is 13.1 Å². The van der Waals surface area contributed by atoms with E-state index < -0.39 is 5.92 Å². The third-order valence-electron chi connectivity index (χ3n) is 2.95. The molecule has 0 aliphatic heterocycles. The van der Waals surface area contributed by atoms with Gasteiger partial charge in [0.05, 0.1) is 6.07 Å². The molecule has 3 nitrogen and oxygen atoms in total. The minimum absolute atomic E-state index is 0.00662. The van der Waals surface area contributed by atoms with Gasteiger partial charge in [-0.25, -0.2) is 0 Å². The molecule has 0 bridgehead atoms. The summed E-state index contributed by atoms with van der Waals surface area (Å²) >= 11 is 0. The monoisotopic (exact) mass is 224 g/mol. The van der Waals surface area contributed by atoms with Gasteiger partial charge in [0.2, 0.25) is 5.91 Å². The van der Waals surface area contributed by atoms with Gasteiger partial charge in [-0.15, -0.1) is 0 Å². The first-order valence-corrected chi connectivity index (χ1v) is 6.28. The molecule has 0 aliphatic carbocycles. The molecular weight excluding hydrogens is 200 g/mol. The number of hydrogen-bond donors (Lipinski definition) is 0. The highest BCUT2D eigenvalue weighted by molar-refractivity contribution is 5.81. The largest absolute Gasteiger partial charge is 0.342 e. The average Bonchev–Trinajstić information content (AvgIpc) is 2.31. The Morgan fingerprint density at radius 1 is 1.38 bits per heavy atom. The van der Waals surface area contributed by atoms with Crippen LogP contribution in [0.15, 0.2) is 0 Å². The third kappa shape index (κ3) is 4.65. The van der Waals surface area contributed by atoms with Crippen LogP contribution in [0.4, 0.5) is 0 Å². The van der Waals surface area contributed by atoms with Crippen molar-refractivity contribution in [3.8, 4) is 6.07 Å². The summed E-state index contributed by atoms with van der Waals surface area (Å²) in [6.07, 6.45) is 2.62. The van der Waals surface area contributed by atoms with E-state index in [0.717, 1.165) is 19.4 Å². The number of amides is 1. The maximum absolute atomic E-state index is 12.1. The second kappa shape index (κ2) is 8.15. The summed E-state index contributed by atoms with van der Waals surface area (Å²) in [5.41, 5.74) is 0. The van der Waals surface area contributed by atoms with Crippen molar-refractivity contribution >= 4 is 5.91 Å². The van der Waals surface area contributed by atoms with Gasteiger partial charge in [0.25, 0.3) is 0 Å². The number of hydrogen-bond acceptors (Lipinski definition) is 2. The van der Waals surface area contributed by atoms with Crippen LogP contribution in [0.3, 0.4) is 0 Å². The van der Waals surface area contributed by atoms with E-state index in [4.69, 9.17) is 5.26 Å². The Balaban J connectivity index is 4.45. The van der Waals surface area contributed by atoms with E-state index in [2.05, 4.69) is 19.9 Å². The normalized spacial score (nSPS) is 13.9. The maximum Gasteiger partial charge on any atom is 0.239 e. The summed E-state index contributed by atoms with van der Waals surface area (Å²) in [6.45, 7) is 9.70. The van der Waals surface area contributed by atoms with E-state index in [1.54, 1.807) is 0 Å². The van der Waals surface area contributed by atoms with Crippen LogP contribution in [-0.2, 0) is 4.79 Å². The number of rotatable bonds is 7. The lowest BCUT2D eigenvalue weighted by Crippen LogP contribution is -2.38. The standard InChI is InChI=1S/C13H24N2O/c1-5-8-12(9-14)13(16)15(7-3)10-11(4)6-2/h11-12H,5-8,10H2,1-4H3. The molecule has 92 valence electrons. The fourth-order valence-electron chi connectivity index (χ4n) is 1.63. The van der Waals surface area contributed by atoms with Crippen molar-refractivity contribution in [1.29, 1.82) is 5.26 Å². The van der Waals surface area contributed by atoms with Gasteiger partial charge in [-0.05, 0) is 19.3 Å². The lowest BCUT2D eigenvalue weighted by atomic mass is 10.0. The molecule has 0 aromatic heterocycles. The molecule has 2 unspecified atom stereocenters. The highest BCUT2D eigenvalue weighted by Gasteiger charge is 2.23. The van der Waals surface area contributed by atoms with Crippen LogP contribution in [0, 0.1) is 23.2 Å². The number of carbonyl (C=O) groups excluding carboxylic acids is 1. The molecule has 2 atom stereocenters. The maximum atomic E-state index is 12.1. The van der Waals surface area contributed by atoms with Crippen molar-refractivity contribution in [2.45, 2.75) is 47.0 Å². The number of carbonyl (C=O) groups is 1. The van der Waals surface area contributed by atoms with Crippen molar-refractivity contribution in [2.24, 2.45) is 11.8 Å². The Morgan fingerprint density at radius 2 is 2.00 bits per heavy atom. The van der Waals surface area contributed by atoms with Gasteiger partial charge in [-0.3, -0.25) is 4.79 Å². The number of nitriles is 1. The molecule has 0 aliphatic rings. The molecule has 0 saturated carbocycles. The molecule has 0 spiro atoms. The topological polar surface area (TPSA) is 44.1 Å². The van der Waals surface area contributed by atoms with Crippen LogP contribution in [0.5, 0.6) is 0 Å². The quantitative estimate of drug-likeness (QED) is 0.667. The Hall–Kier alpha value is -1.04. The third-order valence-corrected chi connectivity index (χ3v) is 2.95. The first-order valence-electron chi connectivity index (χ1n) is 6.28. The van der Waals surface area contributed by atoms with Crippen LogP contribution in [-0.4, -0.2) is 23.9 Å². The lowest BCUT2D eigenvalue weighted by molar-refractivity contribution is -0.134. The first kappa shape index (κ1) is 15.0. The summed E-state index contributed by atoms with van der Waals surface area (Å²) in [5, 5.41) is 8.97. The molecule has 0 radical (unpaired) electrons. The highest BCUT2D eigenvalue weighted by atomic mass is 16.2. The minimum Gasteiger partial charge on any atom is -0.342 e. The van der Waals surface area contributed by atoms with Crippen LogP contribution >= 0.6 is 0 Å². The molecular formula is C13H24N2O. The summed E-state index contributed by atoms with van der Waals surface area (Å²) < 4.78 is 0. The van der Waals surface area contributed by atoms with E-state index in [9.17, 15) is 4.79 Å². The average molecular weight is 224 g/mol. The fraction of sp³-hybridized carbons (Fsp3) is 0.846. The second-order valence-electron chi connectivity index (χ2n) is 4.36. The zero-order chi connectivity index (χ0) is 12.6. The Labute approximate surface area is 99.4 Å². The van der Waals surface area contributed by atoms with Gasteiger partial charge in [0.1, 0.15) is 5.92 Å². The SMILES string of the molecule is CCCC(C#N)C(=O)N(CC)CC(C)CC. The second-order valence-corrected chi connectivity index (χ2v) is 4.36. The van der Waals surface area contributed by atoms with Gasteiger partial charge >= 0.3 is 0 Å². The smallest absolute Gasteiger partial charge is 0.239 e. The molecule has 0 saturated heterocycles. The molecule has 0 heterocycles. The molecule has 16 heavy (non-hydrogen) atoms. The van der Waals surface area contributed by atoms with Crippen molar-refractivity contribution in [1.82, 2.24) is 4.90 Å². The van der Waals surface area contributed by atoms with Crippen molar-refractivity contribution < 1.29 is 4.79 Å². The van der Waals surface area contributed by atoms with Crippen LogP contribution in [0.2, 0.25) is 0 Å². The van der Waals surface area contributed by atoms with Crippen molar-refractivity contribution in [3.05, 3.63) is 0 Å². The predicted molar refractivity (Wildman–Crippen MR) is 65.7 cm³/mol. The summed E-state index contributed by atoms with van der Waals surface area (Å²) in [4.78, 5) is 13.9. The molecule has 0 rings (SSSR count). The summed E-state index contributed by atoms with van der Waals surface area (Å²) in [7, 11) is 0.